The van der Waals surface area contributed by atoms with Crippen molar-refractivity contribution < 1.29 is 4.39 Å². The van der Waals surface area contributed by atoms with Crippen molar-refractivity contribution in [2.75, 3.05) is 5.73 Å². The molecule has 3 nitrogen and oxygen atoms in total. The highest BCUT2D eigenvalue weighted by atomic mass is 35.5. The second-order valence-electron chi connectivity index (χ2n) is 2.93. The van der Waals surface area contributed by atoms with Gasteiger partial charge in [-0.25, -0.2) is 14.4 Å². The molecular weight excluding hydrogens is 217 g/mol. The maximum Gasteiger partial charge on any atom is 0.161 e. The summed E-state index contributed by atoms with van der Waals surface area (Å²) in [7, 11) is 0. The highest BCUT2D eigenvalue weighted by molar-refractivity contribution is 6.30. The lowest BCUT2D eigenvalue weighted by Crippen LogP contribution is -1.94. The van der Waals surface area contributed by atoms with E-state index in [0.717, 1.165) is 0 Å². The highest BCUT2D eigenvalue weighted by Gasteiger charge is 2.05. The molecule has 0 atom stereocenters. The van der Waals surface area contributed by atoms with Gasteiger partial charge in [0.15, 0.2) is 5.82 Å². The summed E-state index contributed by atoms with van der Waals surface area (Å²) in [5.41, 5.74) is 6.04. The number of aromatic nitrogens is 2. The molecule has 0 aliphatic heterocycles. The maximum atomic E-state index is 13.1. The summed E-state index contributed by atoms with van der Waals surface area (Å²) < 4.78 is 13.1. The van der Waals surface area contributed by atoms with Crippen LogP contribution >= 0.6 is 11.6 Å². The molecule has 0 bridgehead atoms. The van der Waals surface area contributed by atoms with Crippen LogP contribution in [0.25, 0.3) is 11.4 Å². The molecule has 0 saturated heterocycles. The van der Waals surface area contributed by atoms with E-state index in [1.807, 2.05) is 0 Å². The van der Waals surface area contributed by atoms with Crippen molar-refractivity contribution in [3.63, 3.8) is 0 Å². The fourth-order valence-electron chi connectivity index (χ4n) is 1.15. The summed E-state index contributed by atoms with van der Waals surface area (Å²) in [6.07, 6.45) is 1.52. The van der Waals surface area contributed by atoms with Crippen LogP contribution in [0.3, 0.4) is 0 Å². The van der Waals surface area contributed by atoms with Gasteiger partial charge in [0, 0.05) is 11.8 Å². The number of nitrogens with two attached hydrogens (primary N) is 1. The first-order valence-corrected chi connectivity index (χ1v) is 4.58. The number of nitrogen functional groups attached to an aromatic ring is 1. The Morgan fingerprint density at radius 3 is 2.73 bits per heavy atom. The fraction of sp³-hybridized carbons (Fsp3) is 0. The molecule has 0 aliphatic rings. The van der Waals surface area contributed by atoms with E-state index in [9.17, 15) is 4.39 Å². The number of benzene rings is 1. The minimum atomic E-state index is -0.500. The third kappa shape index (κ3) is 2.05. The summed E-state index contributed by atoms with van der Waals surface area (Å²) in [6, 6.07) is 5.94. The number of hydrogen-bond donors (Lipinski definition) is 1. The summed E-state index contributed by atoms with van der Waals surface area (Å²) in [5.74, 6) is 0.223. The van der Waals surface area contributed by atoms with E-state index in [2.05, 4.69) is 9.97 Å². The number of anilines is 1. The van der Waals surface area contributed by atoms with Gasteiger partial charge in [-0.2, -0.15) is 0 Å². The second kappa shape index (κ2) is 3.82. The third-order valence-electron chi connectivity index (χ3n) is 1.85. The van der Waals surface area contributed by atoms with Crippen molar-refractivity contribution in [1.29, 1.82) is 0 Å². The lowest BCUT2D eigenvalue weighted by molar-refractivity contribution is 0.628. The lowest BCUT2D eigenvalue weighted by Gasteiger charge is -2.01. The molecule has 0 radical (unpaired) electrons. The van der Waals surface area contributed by atoms with E-state index in [-0.39, 0.29) is 5.02 Å². The molecule has 15 heavy (non-hydrogen) atoms. The molecule has 0 fully saturated rings. The predicted molar refractivity (Wildman–Crippen MR) is 56.8 cm³/mol. The van der Waals surface area contributed by atoms with E-state index < -0.39 is 5.82 Å². The van der Waals surface area contributed by atoms with Crippen LogP contribution in [0.5, 0.6) is 0 Å². The molecule has 0 spiro atoms. The fourth-order valence-corrected chi connectivity index (χ4v) is 1.26. The quantitative estimate of drug-likeness (QED) is 0.808. The van der Waals surface area contributed by atoms with E-state index in [0.29, 0.717) is 17.2 Å². The minimum Gasteiger partial charge on any atom is -0.384 e. The molecule has 0 saturated carbocycles. The van der Waals surface area contributed by atoms with E-state index in [1.165, 1.54) is 18.3 Å². The lowest BCUT2D eigenvalue weighted by atomic mass is 10.2. The number of halogens is 2. The Kier molecular flexibility index (Phi) is 2.51. The molecule has 76 valence electrons. The van der Waals surface area contributed by atoms with Gasteiger partial charge in [0.25, 0.3) is 0 Å². The van der Waals surface area contributed by atoms with Crippen LogP contribution in [0.15, 0.2) is 30.5 Å². The van der Waals surface area contributed by atoms with E-state index in [4.69, 9.17) is 17.3 Å². The first kappa shape index (κ1) is 9.86. The van der Waals surface area contributed by atoms with Crippen LogP contribution in [-0.2, 0) is 0 Å². The summed E-state index contributed by atoms with van der Waals surface area (Å²) >= 11 is 5.56. The molecule has 1 heterocycles. The van der Waals surface area contributed by atoms with Gasteiger partial charge in [-0.1, -0.05) is 11.6 Å². The molecule has 2 N–H and O–H groups in total. The SMILES string of the molecule is Nc1ccnc(-c2ccc(Cl)c(F)c2)n1. The van der Waals surface area contributed by atoms with Crippen LogP contribution in [0.2, 0.25) is 5.02 Å². The molecular formula is C10H7ClFN3. The van der Waals surface area contributed by atoms with Gasteiger partial charge >= 0.3 is 0 Å². The van der Waals surface area contributed by atoms with Gasteiger partial charge in [-0.05, 0) is 24.3 Å². The summed E-state index contributed by atoms with van der Waals surface area (Å²) in [6.45, 7) is 0. The molecule has 2 rings (SSSR count). The summed E-state index contributed by atoms with van der Waals surface area (Å²) in [5, 5.41) is 0.0719. The average Bonchev–Trinajstić information content (AvgIpc) is 2.22. The number of hydrogen-bond acceptors (Lipinski definition) is 3. The Hall–Kier alpha value is -1.68. The van der Waals surface area contributed by atoms with Crippen LogP contribution in [0, 0.1) is 5.82 Å². The summed E-state index contributed by atoms with van der Waals surface area (Å²) in [4.78, 5) is 7.95. The van der Waals surface area contributed by atoms with Gasteiger partial charge in [0.1, 0.15) is 11.6 Å². The zero-order valence-electron chi connectivity index (χ0n) is 7.61. The second-order valence-corrected chi connectivity index (χ2v) is 3.34. The third-order valence-corrected chi connectivity index (χ3v) is 2.16. The zero-order valence-corrected chi connectivity index (χ0v) is 8.37. The first-order chi connectivity index (χ1) is 7.16. The van der Waals surface area contributed by atoms with Crippen LogP contribution in [0.1, 0.15) is 0 Å². The van der Waals surface area contributed by atoms with Gasteiger partial charge in [-0.15, -0.1) is 0 Å². The Balaban J connectivity index is 2.50. The topological polar surface area (TPSA) is 51.8 Å². The molecule has 5 heteroatoms. The largest absolute Gasteiger partial charge is 0.384 e. The Morgan fingerprint density at radius 1 is 1.27 bits per heavy atom. The standard InChI is InChI=1S/C10H7ClFN3/c11-7-2-1-6(5-8(7)12)10-14-4-3-9(13)15-10/h1-5H,(H2,13,14,15). The van der Waals surface area contributed by atoms with Gasteiger partial charge in [-0.3, -0.25) is 0 Å². The van der Waals surface area contributed by atoms with E-state index >= 15 is 0 Å². The van der Waals surface area contributed by atoms with Crippen molar-refractivity contribution in [2.24, 2.45) is 0 Å². The van der Waals surface area contributed by atoms with Crippen molar-refractivity contribution in [2.45, 2.75) is 0 Å². The van der Waals surface area contributed by atoms with Crippen molar-refractivity contribution in [1.82, 2.24) is 9.97 Å². The number of nitrogens with zero attached hydrogens (tertiary/aromatic N) is 2. The van der Waals surface area contributed by atoms with Gasteiger partial charge < -0.3 is 5.73 Å². The zero-order chi connectivity index (χ0) is 10.8. The van der Waals surface area contributed by atoms with Crippen molar-refractivity contribution in [3.8, 4) is 11.4 Å². The smallest absolute Gasteiger partial charge is 0.161 e. The van der Waals surface area contributed by atoms with E-state index in [1.54, 1.807) is 12.1 Å². The normalized spacial score (nSPS) is 10.3. The Morgan fingerprint density at radius 2 is 2.07 bits per heavy atom. The maximum absolute atomic E-state index is 13.1. The van der Waals surface area contributed by atoms with Crippen molar-refractivity contribution >= 4 is 17.4 Å². The number of rotatable bonds is 1. The van der Waals surface area contributed by atoms with Crippen LogP contribution in [0.4, 0.5) is 10.2 Å². The molecule has 2 aromatic rings. The van der Waals surface area contributed by atoms with Crippen LogP contribution in [-0.4, -0.2) is 9.97 Å². The highest BCUT2D eigenvalue weighted by Crippen LogP contribution is 2.21. The van der Waals surface area contributed by atoms with Gasteiger partial charge in [0.05, 0.1) is 5.02 Å². The predicted octanol–water partition coefficient (Wildman–Crippen LogP) is 2.52. The molecule has 0 amide bonds. The first-order valence-electron chi connectivity index (χ1n) is 4.21. The average molecular weight is 224 g/mol. The molecule has 1 aromatic carbocycles. The molecule has 0 unspecified atom stereocenters. The minimum absolute atomic E-state index is 0.0719. The Bertz CT molecular complexity index is 502. The monoisotopic (exact) mass is 223 g/mol. The van der Waals surface area contributed by atoms with Crippen LogP contribution < -0.4 is 5.73 Å². The molecule has 1 aromatic heterocycles. The molecule has 0 aliphatic carbocycles. The van der Waals surface area contributed by atoms with Gasteiger partial charge in [0.2, 0.25) is 0 Å². The Labute approximate surface area is 90.7 Å². The van der Waals surface area contributed by atoms with Crippen molar-refractivity contribution in [3.05, 3.63) is 41.3 Å².